The minimum absolute atomic E-state index is 0.229. The third kappa shape index (κ3) is 3.68. The molecule has 0 aromatic carbocycles. The molecule has 4 nitrogen and oxygen atoms in total. The number of amides is 1. The van der Waals surface area contributed by atoms with E-state index in [0.717, 1.165) is 44.7 Å². The number of carbonyl (C=O) groups excluding carboxylic acids is 1. The van der Waals surface area contributed by atoms with Crippen LogP contribution in [0.3, 0.4) is 0 Å². The van der Waals surface area contributed by atoms with Gasteiger partial charge in [0.1, 0.15) is 0 Å². The summed E-state index contributed by atoms with van der Waals surface area (Å²) < 4.78 is 0. The van der Waals surface area contributed by atoms with Gasteiger partial charge in [-0.1, -0.05) is 6.92 Å². The third-order valence-corrected chi connectivity index (χ3v) is 4.19. The van der Waals surface area contributed by atoms with Gasteiger partial charge in [0.05, 0.1) is 0 Å². The average Bonchev–Trinajstić information content (AvgIpc) is 2.33. The molecule has 0 atom stereocenters. The molecule has 1 heterocycles. The van der Waals surface area contributed by atoms with E-state index in [4.69, 9.17) is 5.73 Å². The number of carbonyl (C=O) groups is 1. The zero-order valence-corrected chi connectivity index (χ0v) is 10.8. The van der Waals surface area contributed by atoms with Gasteiger partial charge < -0.3 is 5.73 Å². The van der Waals surface area contributed by atoms with Gasteiger partial charge in [0.15, 0.2) is 0 Å². The maximum absolute atomic E-state index is 12.1. The van der Waals surface area contributed by atoms with Crippen LogP contribution in [0, 0.1) is 11.8 Å². The number of piperidine rings is 1. The van der Waals surface area contributed by atoms with E-state index in [1.54, 1.807) is 0 Å². The summed E-state index contributed by atoms with van der Waals surface area (Å²) in [6, 6.07) is 0.318. The Bertz CT molecular complexity index is 253. The van der Waals surface area contributed by atoms with Gasteiger partial charge >= 0.3 is 0 Å². The maximum atomic E-state index is 12.1. The zero-order valence-electron chi connectivity index (χ0n) is 10.8. The van der Waals surface area contributed by atoms with Gasteiger partial charge in [0.25, 0.3) is 0 Å². The number of hydrogen-bond donors (Lipinski definition) is 2. The maximum Gasteiger partial charge on any atom is 0.237 e. The number of hydrogen-bond acceptors (Lipinski definition) is 3. The molecule has 1 aliphatic carbocycles. The summed E-state index contributed by atoms with van der Waals surface area (Å²) in [6.45, 7) is 4.08. The van der Waals surface area contributed by atoms with Crippen molar-refractivity contribution in [3.05, 3.63) is 0 Å². The number of rotatable bonds is 2. The molecule has 1 saturated carbocycles. The molecule has 0 spiro atoms. The highest BCUT2D eigenvalue weighted by atomic mass is 16.2. The monoisotopic (exact) mass is 239 g/mol. The molecule has 2 aliphatic rings. The molecule has 0 aromatic heterocycles. The Kier molecular flexibility index (Phi) is 4.40. The van der Waals surface area contributed by atoms with Crippen molar-refractivity contribution in [2.24, 2.45) is 17.6 Å². The van der Waals surface area contributed by atoms with Crippen molar-refractivity contribution in [1.82, 2.24) is 10.4 Å². The zero-order chi connectivity index (χ0) is 12.3. The second-order valence-electron chi connectivity index (χ2n) is 5.76. The van der Waals surface area contributed by atoms with Crippen LogP contribution in [-0.2, 0) is 4.79 Å². The van der Waals surface area contributed by atoms with Crippen molar-refractivity contribution >= 4 is 5.91 Å². The molecule has 0 unspecified atom stereocenters. The Hall–Kier alpha value is -0.610. The molecular formula is C13H25N3O. The number of nitrogens with one attached hydrogen (secondary N) is 1. The third-order valence-electron chi connectivity index (χ3n) is 4.19. The van der Waals surface area contributed by atoms with Crippen LogP contribution < -0.4 is 11.2 Å². The van der Waals surface area contributed by atoms with Crippen LogP contribution in [0.15, 0.2) is 0 Å². The van der Waals surface area contributed by atoms with Gasteiger partial charge in [-0.05, 0) is 44.4 Å². The van der Waals surface area contributed by atoms with E-state index in [1.165, 1.54) is 12.8 Å². The largest absolute Gasteiger partial charge is 0.328 e. The first-order valence-corrected chi connectivity index (χ1v) is 6.96. The summed E-state index contributed by atoms with van der Waals surface area (Å²) >= 11 is 0. The van der Waals surface area contributed by atoms with E-state index >= 15 is 0 Å². The van der Waals surface area contributed by atoms with Crippen LogP contribution >= 0.6 is 0 Å². The van der Waals surface area contributed by atoms with Crippen molar-refractivity contribution < 1.29 is 4.79 Å². The van der Waals surface area contributed by atoms with Crippen LogP contribution in [0.1, 0.15) is 45.4 Å². The first-order valence-electron chi connectivity index (χ1n) is 6.96. The fraction of sp³-hybridized carbons (Fsp3) is 0.923. The summed E-state index contributed by atoms with van der Waals surface area (Å²) in [4.78, 5) is 12.1. The van der Waals surface area contributed by atoms with Crippen LogP contribution in [0.5, 0.6) is 0 Å². The molecule has 17 heavy (non-hydrogen) atoms. The predicted molar refractivity (Wildman–Crippen MR) is 68.0 cm³/mol. The molecule has 2 fully saturated rings. The smallest absolute Gasteiger partial charge is 0.237 e. The SMILES string of the molecule is CC1CCC(C(=O)NN2CCC(N)CC2)CC1. The molecule has 0 aromatic rings. The van der Waals surface area contributed by atoms with Crippen molar-refractivity contribution in [2.75, 3.05) is 13.1 Å². The fourth-order valence-electron chi connectivity index (χ4n) is 2.78. The Morgan fingerprint density at radius 1 is 1.12 bits per heavy atom. The minimum Gasteiger partial charge on any atom is -0.328 e. The van der Waals surface area contributed by atoms with Gasteiger partial charge in [-0.15, -0.1) is 0 Å². The van der Waals surface area contributed by atoms with Crippen molar-refractivity contribution in [1.29, 1.82) is 0 Å². The average molecular weight is 239 g/mol. The number of hydrazine groups is 1. The van der Waals surface area contributed by atoms with Gasteiger partial charge in [-0.2, -0.15) is 0 Å². The summed E-state index contributed by atoms with van der Waals surface area (Å²) in [5.74, 6) is 1.27. The van der Waals surface area contributed by atoms with Crippen molar-refractivity contribution in [2.45, 2.75) is 51.5 Å². The fourth-order valence-corrected chi connectivity index (χ4v) is 2.78. The van der Waals surface area contributed by atoms with Crippen LogP contribution in [-0.4, -0.2) is 30.0 Å². The summed E-state index contributed by atoms with van der Waals surface area (Å²) in [6.07, 6.45) is 6.48. The van der Waals surface area contributed by atoms with E-state index in [9.17, 15) is 4.79 Å². The number of nitrogens with zero attached hydrogens (tertiary/aromatic N) is 1. The topological polar surface area (TPSA) is 58.4 Å². The van der Waals surface area contributed by atoms with Crippen LogP contribution in [0.2, 0.25) is 0 Å². The van der Waals surface area contributed by atoms with Gasteiger partial charge in [-0.3, -0.25) is 10.2 Å². The van der Waals surface area contributed by atoms with Gasteiger partial charge in [-0.25, -0.2) is 5.01 Å². The Morgan fingerprint density at radius 2 is 1.71 bits per heavy atom. The lowest BCUT2D eigenvalue weighted by molar-refractivity contribution is -0.131. The molecule has 4 heteroatoms. The lowest BCUT2D eigenvalue weighted by Gasteiger charge is -2.32. The normalized spacial score (nSPS) is 32.4. The molecule has 1 saturated heterocycles. The van der Waals surface area contributed by atoms with Crippen molar-refractivity contribution in [3.8, 4) is 0 Å². The molecular weight excluding hydrogens is 214 g/mol. The molecule has 1 aliphatic heterocycles. The highest BCUT2D eigenvalue weighted by Gasteiger charge is 2.26. The van der Waals surface area contributed by atoms with Gasteiger partial charge in [0, 0.05) is 25.0 Å². The van der Waals surface area contributed by atoms with Crippen LogP contribution in [0.4, 0.5) is 0 Å². The molecule has 98 valence electrons. The first-order chi connectivity index (χ1) is 8.15. The number of nitrogens with two attached hydrogens (primary N) is 1. The standard InChI is InChI=1S/C13H25N3O/c1-10-2-4-11(5-3-10)13(17)15-16-8-6-12(14)7-9-16/h10-12H,2-9,14H2,1H3,(H,15,17). The molecule has 3 N–H and O–H groups in total. The van der Waals surface area contributed by atoms with E-state index in [2.05, 4.69) is 12.3 Å². The molecule has 0 radical (unpaired) electrons. The lowest BCUT2D eigenvalue weighted by Crippen LogP contribution is -2.51. The molecule has 2 rings (SSSR count). The Balaban J connectivity index is 1.73. The quantitative estimate of drug-likeness (QED) is 0.763. The van der Waals surface area contributed by atoms with E-state index < -0.39 is 0 Å². The minimum atomic E-state index is 0.229. The summed E-state index contributed by atoms with van der Waals surface area (Å²) in [5, 5.41) is 2.05. The second-order valence-corrected chi connectivity index (χ2v) is 5.76. The summed E-state index contributed by atoms with van der Waals surface area (Å²) in [5.41, 5.74) is 8.91. The van der Waals surface area contributed by atoms with Crippen molar-refractivity contribution in [3.63, 3.8) is 0 Å². The van der Waals surface area contributed by atoms with Gasteiger partial charge in [0.2, 0.25) is 5.91 Å². The lowest BCUT2D eigenvalue weighted by atomic mass is 9.83. The highest BCUT2D eigenvalue weighted by Crippen LogP contribution is 2.28. The molecule has 0 bridgehead atoms. The first kappa shape index (κ1) is 12.8. The predicted octanol–water partition coefficient (Wildman–Crippen LogP) is 1.27. The van der Waals surface area contributed by atoms with E-state index in [1.807, 2.05) is 5.01 Å². The summed E-state index contributed by atoms with van der Waals surface area (Å²) in [7, 11) is 0. The highest BCUT2D eigenvalue weighted by molar-refractivity contribution is 5.78. The molecule has 1 amide bonds. The Morgan fingerprint density at radius 3 is 2.29 bits per heavy atom. The Labute approximate surface area is 104 Å². The van der Waals surface area contributed by atoms with Crippen LogP contribution in [0.25, 0.3) is 0 Å². The van der Waals surface area contributed by atoms with E-state index in [0.29, 0.717) is 6.04 Å². The second kappa shape index (κ2) is 5.83. The van der Waals surface area contributed by atoms with E-state index in [-0.39, 0.29) is 11.8 Å².